The summed E-state index contributed by atoms with van der Waals surface area (Å²) in [4.78, 5) is 26.7. The van der Waals surface area contributed by atoms with Crippen molar-refractivity contribution in [2.24, 2.45) is 0 Å². The van der Waals surface area contributed by atoms with Gasteiger partial charge < -0.3 is 15.7 Å². The zero-order chi connectivity index (χ0) is 16.8. The summed E-state index contributed by atoms with van der Waals surface area (Å²) in [6.07, 6.45) is 0. The lowest BCUT2D eigenvalue weighted by molar-refractivity contribution is 0.0697. The SMILES string of the molecule is CC(C)c1n[nH]c(CNC(=O)NCc2ccc(C(=O)O)cc2)n1. The fraction of sp³-hybridized carbons (Fsp3) is 0.333. The monoisotopic (exact) mass is 317 g/mol. The highest BCUT2D eigenvalue weighted by molar-refractivity contribution is 5.87. The molecule has 2 rings (SSSR count). The summed E-state index contributed by atoms with van der Waals surface area (Å²) in [5, 5.41) is 21.0. The van der Waals surface area contributed by atoms with Crippen LogP contribution in [0.15, 0.2) is 24.3 Å². The van der Waals surface area contributed by atoms with Crippen molar-refractivity contribution in [1.82, 2.24) is 25.8 Å². The third-order valence-corrected chi connectivity index (χ3v) is 3.14. The number of H-pyrrole nitrogens is 1. The molecule has 2 aromatic rings. The Kier molecular flexibility index (Phi) is 5.29. The zero-order valence-corrected chi connectivity index (χ0v) is 13.0. The largest absolute Gasteiger partial charge is 0.478 e. The molecule has 0 fully saturated rings. The second-order valence-electron chi connectivity index (χ2n) is 5.33. The van der Waals surface area contributed by atoms with Crippen LogP contribution in [-0.2, 0) is 13.1 Å². The summed E-state index contributed by atoms with van der Waals surface area (Å²) >= 11 is 0. The van der Waals surface area contributed by atoms with Gasteiger partial charge in [0, 0.05) is 12.5 Å². The lowest BCUT2D eigenvalue weighted by Gasteiger charge is -2.06. The number of aromatic amines is 1. The maximum atomic E-state index is 11.7. The van der Waals surface area contributed by atoms with Crippen molar-refractivity contribution in [2.45, 2.75) is 32.9 Å². The van der Waals surface area contributed by atoms with Gasteiger partial charge in [0.15, 0.2) is 5.82 Å². The van der Waals surface area contributed by atoms with Gasteiger partial charge in [0.25, 0.3) is 0 Å². The molecule has 0 aliphatic rings. The Bertz CT molecular complexity index is 679. The first kappa shape index (κ1) is 16.5. The molecule has 0 saturated carbocycles. The number of urea groups is 1. The van der Waals surface area contributed by atoms with Crippen molar-refractivity contribution in [3.05, 3.63) is 47.0 Å². The lowest BCUT2D eigenvalue weighted by atomic mass is 10.1. The molecule has 0 aliphatic heterocycles. The van der Waals surface area contributed by atoms with E-state index in [1.807, 2.05) is 13.8 Å². The molecule has 1 heterocycles. The van der Waals surface area contributed by atoms with Crippen molar-refractivity contribution < 1.29 is 14.7 Å². The Labute approximate surface area is 133 Å². The summed E-state index contributed by atoms with van der Waals surface area (Å²) in [7, 11) is 0. The quantitative estimate of drug-likeness (QED) is 0.645. The lowest BCUT2D eigenvalue weighted by Crippen LogP contribution is -2.34. The molecule has 1 aromatic heterocycles. The van der Waals surface area contributed by atoms with E-state index < -0.39 is 5.97 Å². The summed E-state index contributed by atoms with van der Waals surface area (Å²) in [6.45, 7) is 4.54. The van der Waals surface area contributed by atoms with Crippen molar-refractivity contribution in [3.63, 3.8) is 0 Å². The average molecular weight is 317 g/mol. The number of aromatic carboxylic acids is 1. The van der Waals surface area contributed by atoms with Gasteiger partial charge in [-0.3, -0.25) is 5.10 Å². The highest BCUT2D eigenvalue weighted by atomic mass is 16.4. The van der Waals surface area contributed by atoms with Crippen LogP contribution in [0.25, 0.3) is 0 Å². The number of carboxylic acid groups (broad SMARTS) is 1. The molecule has 2 amide bonds. The van der Waals surface area contributed by atoms with Crippen LogP contribution in [0.4, 0.5) is 4.79 Å². The van der Waals surface area contributed by atoms with Crippen LogP contribution in [0.1, 0.15) is 47.3 Å². The van der Waals surface area contributed by atoms with Crippen molar-refractivity contribution in [3.8, 4) is 0 Å². The van der Waals surface area contributed by atoms with Crippen molar-refractivity contribution >= 4 is 12.0 Å². The number of rotatable bonds is 6. The first-order valence-electron chi connectivity index (χ1n) is 7.21. The van der Waals surface area contributed by atoms with Gasteiger partial charge in [-0.1, -0.05) is 26.0 Å². The van der Waals surface area contributed by atoms with Crippen LogP contribution in [-0.4, -0.2) is 32.3 Å². The minimum absolute atomic E-state index is 0.212. The molecule has 0 atom stereocenters. The molecule has 8 nitrogen and oxygen atoms in total. The van der Waals surface area contributed by atoms with Crippen molar-refractivity contribution in [2.75, 3.05) is 0 Å². The summed E-state index contributed by atoms with van der Waals surface area (Å²) in [6, 6.07) is 5.98. The van der Waals surface area contributed by atoms with E-state index in [1.165, 1.54) is 12.1 Å². The van der Waals surface area contributed by atoms with Gasteiger partial charge in [0.05, 0.1) is 12.1 Å². The molecule has 4 N–H and O–H groups in total. The minimum atomic E-state index is -0.977. The van der Waals surface area contributed by atoms with E-state index >= 15 is 0 Å². The predicted octanol–water partition coefficient (Wildman–Crippen LogP) is 1.63. The normalized spacial score (nSPS) is 10.6. The molecule has 0 radical (unpaired) electrons. The van der Waals surface area contributed by atoms with Crippen LogP contribution >= 0.6 is 0 Å². The number of carboxylic acids is 1. The van der Waals surface area contributed by atoms with Gasteiger partial charge in [-0.15, -0.1) is 0 Å². The Morgan fingerprint density at radius 2 is 1.83 bits per heavy atom. The van der Waals surface area contributed by atoms with E-state index in [4.69, 9.17) is 5.11 Å². The molecule has 8 heteroatoms. The Morgan fingerprint density at radius 3 is 2.39 bits per heavy atom. The molecule has 0 saturated heterocycles. The molecular formula is C15H19N5O3. The van der Waals surface area contributed by atoms with Gasteiger partial charge >= 0.3 is 12.0 Å². The summed E-state index contributed by atoms with van der Waals surface area (Å²) in [5.41, 5.74) is 1.02. The van der Waals surface area contributed by atoms with Crippen LogP contribution < -0.4 is 10.6 Å². The molecule has 0 unspecified atom stereocenters. The maximum Gasteiger partial charge on any atom is 0.335 e. The predicted molar refractivity (Wildman–Crippen MR) is 82.9 cm³/mol. The topological polar surface area (TPSA) is 120 Å². The molecule has 0 aliphatic carbocycles. The number of amides is 2. The molecule has 1 aromatic carbocycles. The minimum Gasteiger partial charge on any atom is -0.478 e. The van der Waals surface area contributed by atoms with Gasteiger partial charge in [0.2, 0.25) is 0 Å². The fourth-order valence-electron chi connectivity index (χ4n) is 1.82. The van der Waals surface area contributed by atoms with Crippen LogP contribution in [0.3, 0.4) is 0 Å². The third-order valence-electron chi connectivity index (χ3n) is 3.14. The molecule has 0 spiro atoms. The third kappa shape index (κ3) is 4.80. The number of aromatic nitrogens is 3. The number of nitrogens with zero attached hydrogens (tertiary/aromatic N) is 2. The van der Waals surface area contributed by atoms with E-state index in [1.54, 1.807) is 12.1 Å². The number of benzene rings is 1. The fourth-order valence-corrected chi connectivity index (χ4v) is 1.82. The van der Waals surface area contributed by atoms with E-state index in [0.29, 0.717) is 18.2 Å². The van der Waals surface area contributed by atoms with Crippen LogP contribution in [0.5, 0.6) is 0 Å². The van der Waals surface area contributed by atoms with Gasteiger partial charge in [0.1, 0.15) is 5.82 Å². The number of hydrogen-bond acceptors (Lipinski definition) is 4. The second kappa shape index (κ2) is 7.39. The van der Waals surface area contributed by atoms with E-state index in [0.717, 1.165) is 5.56 Å². The first-order valence-corrected chi connectivity index (χ1v) is 7.21. The van der Waals surface area contributed by atoms with Gasteiger partial charge in [-0.25, -0.2) is 14.6 Å². The first-order chi connectivity index (χ1) is 11.0. The van der Waals surface area contributed by atoms with E-state index in [2.05, 4.69) is 25.8 Å². The van der Waals surface area contributed by atoms with Crippen molar-refractivity contribution in [1.29, 1.82) is 0 Å². The summed E-state index contributed by atoms with van der Waals surface area (Å²) in [5.74, 6) is 0.549. The number of nitrogens with one attached hydrogen (secondary N) is 3. The Hall–Kier alpha value is -2.90. The second-order valence-corrected chi connectivity index (χ2v) is 5.33. The van der Waals surface area contributed by atoms with Crippen LogP contribution in [0.2, 0.25) is 0 Å². The number of carbonyl (C=O) groups excluding carboxylic acids is 1. The Balaban J connectivity index is 1.77. The van der Waals surface area contributed by atoms with Gasteiger partial charge in [-0.2, -0.15) is 5.10 Å². The summed E-state index contributed by atoms with van der Waals surface area (Å²) < 4.78 is 0. The average Bonchev–Trinajstić information content (AvgIpc) is 3.00. The maximum absolute atomic E-state index is 11.7. The molecule has 0 bridgehead atoms. The van der Waals surface area contributed by atoms with Gasteiger partial charge in [-0.05, 0) is 17.7 Å². The molecule has 23 heavy (non-hydrogen) atoms. The van der Waals surface area contributed by atoms with E-state index in [9.17, 15) is 9.59 Å². The number of carbonyl (C=O) groups is 2. The highest BCUT2D eigenvalue weighted by Gasteiger charge is 2.08. The van der Waals surface area contributed by atoms with E-state index in [-0.39, 0.29) is 24.1 Å². The number of hydrogen-bond donors (Lipinski definition) is 4. The Morgan fingerprint density at radius 1 is 1.17 bits per heavy atom. The standard InChI is InChI=1S/C15H19N5O3/c1-9(2)13-18-12(19-20-13)8-17-15(23)16-7-10-3-5-11(6-4-10)14(21)22/h3-6,9H,7-8H2,1-2H3,(H,21,22)(H2,16,17,23)(H,18,19,20). The van der Waals surface area contributed by atoms with Crippen LogP contribution in [0, 0.1) is 0 Å². The molecular weight excluding hydrogens is 298 g/mol. The molecule has 122 valence electrons. The zero-order valence-electron chi connectivity index (χ0n) is 13.0. The smallest absolute Gasteiger partial charge is 0.335 e. The highest BCUT2D eigenvalue weighted by Crippen LogP contribution is 2.07.